The highest BCUT2D eigenvalue weighted by atomic mass is 35.5. The fraction of sp³-hybridized carbons (Fsp3) is 0.410. The van der Waals surface area contributed by atoms with Gasteiger partial charge in [0.25, 0.3) is 5.91 Å². The second-order valence-corrected chi connectivity index (χ2v) is 15.2. The van der Waals surface area contributed by atoms with Crippen LogP contribution < -0.4 is 14.8 Å². The number of carboxylic acid groups (broad SMARTS) is 1. The van der Waals surface area contributed by atoms with Crippen molar-refractivity contribution in [2.45, 2.75) is 43.9 Å². The number of carbonyl (C=O) groups is 2. The van der Waals surface area contributed by atoms with Crippen molar-refractivity contribution in [3.63, 3.8) is 0 Å². The van der Waals surface area contributed by atoms with Gasteiger partial charge >= 0.3 is 5.97 Å². The number of amides is 1. The second-order valence-electron chi connectivity index (χ2n) is 14.4. The van der Waals surface area contributed by atoms with E-state index in [0.29, 0.717) is 74.2 Å². The topological polar surface area (TPSA) is 118 Å². The number of aromatic nitrogens is 2. The van der Waals surface area contributed by atoms with Crippen LogP contribution in [0.2, 0.25) is 10.0 Å². The number of carboxylic acids is 1. The molecule has 278 valence electrons. The number of likely N-dealkylation sites (N-methyl/N-ethyl adjacent to an activating group) is 1. The molecule has 1 spiro atoms. The molecule has 0 bridgehead atoms. The van der Waals surface area contributed by atoms with Crippen LogP contribution in [0.25, 0.3) is 11.1 Å². The molecule has 2 fully saturated rings. The van der Waals surface area contributed by atoms with E-state index in [1.165, 1.54) is 7.11 Å². The summed E-state index contributed by atoms with van der Waals surface area (Å²) in [6.07, 6.45) is 2.06. The standard InChI is InChI=1S/C39H40Cl2FN5O6/c1-45-14-13-29-35(39(45)19-52-20-39)44-36(46(29)2)37(48)43-28-9-5-8-26(31(28)41)23-6-4-7-25-24(23)10-11-30(25)53-34-27(40)16-22(33(51-3)32(34)42)18-47-15-12-21(17-47)38(49)50/h4-9,16,21,30H,10-15,17-20H2,1-3H3,(H,43,48)(H,49,50). The molecule has 4 aromatic rings. The molecule has 2 N–H and O–H groups in total. The van der Waals surface area contributed by atoms with Crippen LogP contribution in [0.5, 0.6) is 11.5 Å². The summed E-state index contributed by atoms with van der Waals surface area (Å²) >= 11 is 13.7. The van der Waals surface area contributed by atoms with Crippen molar-refractivity contribution >= 4 is 40.8 Å². The number of likely N-dealkylation sites (tertiary alicyclic amines) is 1. The zero-order chi connectivity index (χ0) is 37.2. The SMILES string of the molecule is COc1c(CN2CCC(C(=O)O)C2)cc(Cl)c(OC2CCc3c(-c4cccc(NC(=O)c5nc6c(n5C)CCN(C)C65COC5)c4Cl)cccc32)c1F. The van der Waals surface area contributed by atoms with Gasteiger partial charge in [0.05, 0.1) is 47.7 Å². The third kappa shape index (κ3) is 6.04. The van der Waals surface area contributed by atoms with Gasteiger partial charge in [0, 0.05) is 49.9 Å². The Morgan fingerprint density at radius 3 is 2.57 bits per heavy atom. The van der Waals surface area contributed by atoms with Crippen molar-refractivity contribution in [1.82, 2.24) is 19.4 Å². The molecule has 3 aliphatic heterocycles. The van der Waals surface area contributed by atoms with E-state index < -0.39 is 23.8 Å². The summed E-state index contributed by atoms with van der Waals surface area (Å²) in [5.74, 6) is -2.09. The largest absolute Gasteiger partial charge is 0.493 e. The second kappa shape index (κ2) is 13.9. The first-order valence-corrected chi connectivity index (χ1v) is 18.5. The molecule has 2 atom stereocenters. The lowest BCUT2D eigenvalue weighted by atomic mass is 9.86. The molecule has 11 nitrogen and oxygen atoms in total. The van der Waals surface area contributed by atoms with Crippen molar-refractivity contribution in [1.29, 1.82) is 0 Å². The van der Waals surface area contributed by atoms with Crippen LogP contribution >= 0.6 is 23.2 Å². The molecule has 2 saturated heterocycles. The van der Waals surface area contributed by atoms with Crippen LogP contribution in [0.4, 0.5) is 10.1 Å². The van der Waals surface area contributed by atoms with E-state index in [0.717, 1.165) is 46.6 Å². The smallest absolute Gasteiger partial charge is 0.307 e. The Morgan fingerprint density at radius 1 is 1.08 bits per heavy atom. The van der Waals surface area contributed by atoms with Gasteiger partial charge in [-0.15, -0.1) is 0 Å². The van der Waals surface area contributed by atoms with Crippen molar-refractivity contribution in [2.24, 2.45) is 13.0 Å². The van der Waals surface area contributed by atoms with Crippen molar-refractivity contribution in [3.8, 4) is 22.6 Å². The van der Waals surface area contributed by atoms with Gasteiger partial charge in [-0.3, -0.25) is 19.4 Å². The zero-order valence-corrected chi connectivity index (χ0v) is 31.2. The monoisotopic (exact) mass is 763 g/mol. The average molecular weight is 765 g/mol. The van der Waals surface area contributed by atoms with E-state index in [4.69, 9.17) is 42.4 Å². The average Bonchev–Trinajstić information content (AvgIpc) is 3.84. The summed E-state index contributed by atoms with van der Waals surface area (Å²) < 4.78 is 35.3. The Bertz CT molecular complexity index is 2140. The predicted octanol–water partition coefficient (Wildman–Crippen LogP) is 6.48. The lowest BCUT2D eigenvalue weighted by molar-refractivity contribution is -0.145. The van der Waals surface area contributed by atoms with Crippen LogP contribution in [0.1, 0.15) is 57.6 Å². The van der Waals surface area contributed by atoms with Crippen LogP contribution in [0, 0.1) is 11.7 Å². The summed E-state index contributed by atoms with van der Waals surface area (Å²) in [5.41, 5.74) is 6.17. The van der Waals surface area contributed by atoms with Crippen molar-refractivity contribution in [2.75, 3.05) is 52.3 Å². The molecule has 0 radical (unpaired) electrons. The number of nitrogens with zero attached hydrogens (tertiary/aromatic N) is 4. The number of benzene rings is 3. The summed E-state index contributed by atoms with van der Waals surface area (Å²) in [6.45, 7) is 3.22. The van der Waals surface area contributed by atoms with E-state index in [1.54, 1.807) is 12.1 Å². The first-order chi connectivity index (χ1) is 25.5. The van der Waals surface area contributed by atoms with Gasteiger partial charge in [0.15, 0.2) is 17.3 Å². The summed E-state index contributed by atoms with van der Waals surface area (Å²) in [7, 11) is 5.33. The number of hydrogen-bond acceptors (Lipinski definition) is 8. The van der Waals surface area contributed by atoms with Crippen molar-refractivity contribution < 1.29 is 33.3 Å². The number of nitrogens with one attached hydrogen (secondary N) is 1. The maximum Gasteiger partial charge on any atom is 0.307 e. The number of imidazole rings is 1. The van der Waals surface area contributed by atoms with E-state index in [1.807, 2.05) is 46.8 Å². The first kappa shape index (κ1) is 35.8. The molecule has 4 aliphatic rings. The summed E-state index contributed by atoms with van der Waals surface area (Å²) in [5, 5.41) is 12.9. The van der Waals surface area contributed by atoms with E-state index >= 15 is 4.39 Å². The number of rotatable bonds is 9. The normalized spacial score (nSPS) is 20.6. The first-order valence-electron chi connectivity index (χ1n) is 17.7. The van der Waals surface area contributed by atoms with Crippen LogP contribution in [-0.2, 0) is 41.5 Å². The lowest BCUT2D eigenvalue weighted by Crippen LogP contribution is -2.61. The van der Waals surface area contributed by atoms with Gasteiger partial charge in [0.2, 0.25) is 5.82 Å². The Morgan fingerprint density at radius 2 is 1.85 bits per heavy atom. The molecule has 4 heterocycles. The Labute approximate surface area is 316 Å². The Kier molecular flexibility index (Phi) is 9.39. The molecule has 1 aromatic heterocycles. The minimum atomic E-state index is -0.834. The number of aliphatic carboxylic acids is 1. The maximum absolute atomic E-state index is 16.0. The van der Waals surface area contributed by atoms with Crippen LogP contribution in [0.15, 0.2) is 42.5 Å². The third-order valence-corrected chi connectivity index (χ3v) is 12.1. The van der Waals surface area contributed by atoms with Gasteiger partial charge in [-0.1, -0.05) is 53.5 Å². The van der Waals surface area contributed by atoms with Gasteiger partial charge in [-0.05, 0) is 61.7 Å². The summed E-state index contributed by atoms with van der Waals surface area (Å²) in [4.78, 5) is 34.2. The fourth-order valence-electron chi connectivity index (χ4n) is 8.36. The number of anilines is 1. The van der Waals surface area contributed by atoms with Crippen LogP contribution in [0.3, 0.4) is 0 Å². The maximum atomic E-state index is 16.0. The Hall–Kier alpha value is -4.20. The number of methoxy groups -OCH3 is 1. The highest BCUT2D eigenvalue weighted by molar-refractivity contribution is 6.36. The summed E-state index contributed by atoms with van der Waals surface area (Å²) in [6, 6.07) is 13.0. The molecule has 3 aromatic carbocycles. The molecular formula is C39H40Cl2FN5O6. The Balaban J connectivity index is 1.03. The van der Waals surface area contributed by atoms with Gasteiger partial charge in [-0.2, -0.15) is 4.39 Å². The van der Waals surface area contributed by atoms with Crippen LogP contribution in [-0.4, -0.2) is 83.3 Å². The number of ether oxygens (including phenoxy) is 3. The molecule has 0 saturated carbocycles. The van der Waals surface area contributed by atoms with Crippen molar-refractivity contribution in [3.05, 3.63) is 92.2 Å². The number of carbonyl (C=O) groups excluding carboxylic acids is 1. The highest BCUT2D eigenvalue weighted by Crippen LogP contribution is 2.46. The molecule has 1 amide bonds. The fourth-order valence-corrected chi connectivity index (χ4v) is 8.90. The minimum absolute atomic E-state index is 0.0235. The number of halogens is 3. The third-order valence-electron chi connectivity index (χ3n) is 11.4. The lowest BCUT2D eigenvalue weighted by Gasteiger charge is -2.49. The zero-order valence-electron chi connectivity index (χ0n) is 29.7. The molecule has 1 aliphatic carbocycles. The molecule has 14 heteroatoms. The molecule has 53 heavy (non-hydrogen) atoms. The molecular weight excluding hydrogens is 724 g/mol. The number of hydrogen-bond donors (Lipinski definition) is 2. The van der Waals surface area contributed by atoms with Gasteiger partial charge in [0.1, 0.15) is 11.6 Å². The number of fused-ring (bicyclic) bond motifs is 3. The van der Waals surface area contributed by atoms with E-state index in [2.05, 4.69) is 17.3 Å². The minimum Gasteiger partial charge on any atom is -0.493 e. The predicted molar refractivity (Wildman–Crippen MR) is 198 cm³/mol. The quantitative estimate of drug-likeness (QED) is 0.198. The van der Waals surface area contributed by atoms with E-state index in [9.17, 15) is 14.7 Å². The van der Waals surface area contributed by atoms with E-state index in [-0.39, 0.29) is 28.0 Å². The van der Waals surface area contributed by atoms with Gasteiger partial charge < -0.3 is 29.2 Å². The molecule has 2 unspecified atom stereocenters. The van der Waals surface area contributed by atoms with Gasteiger partial charge in [-0.25, -0.2) is 4.98 Å². The molecule has 8 rings (SSSR count). The highest BCUT2D eigenvalue weighted by Gasteiger charge is 2.50.